The van der Waals surface area contributed by atoms with Crippen LogP contribution >= 0.6 is 0 Å². The van der Waals surface area contributed by atoms with Crippen molar-refractivity contribution in [3.8, 4) is 0 Å². The molecule has 0 aromatic rings. The molecular formula is C18H28N2. The number of piperidine rings is 3. The van der Waals surface area contributed by atoms with Gasteiger partial charge in [0.2, 0.25) is 0 Å². The van der Waals surface area contributed by atoms with Gasteiger partial charge in [-0.15, -0.1) is 6.58 Å². The molecule has 4 aliphatic rings. The lowest BCUT2D eigenvalue weighted by Crippen LogP contribution is -2.59. The van der Waals surface area contributed by atoms with Gasteiger partial charge in [-0.25, -0.2) is 0 Å². The summed E-state index contributed by atoms with van der Waals surface area (Å²) in [6.45, 7) is 9.03. The third-order valence-electron chi connectivity index (χ3n) is 6.12. The van der Waals surface area contributed by atoms with Gasteiger partial charge in [-0.1, -0.05) is 24.1 Å². The Bertz CT molecular complexity index is 414. The van der Waals surface area contributed by atoms with Gasteiger partial charge >= 0.3 is 0 Å². The first-order chi connectivity index (χ1) is 9.86. The van der Waals surface area contributed by atoms with Crippen LogP contribution in [0.1, 0.15) is 38.5 Å². The van der Waals surface area contributed by atoms with Crippen LogP contribution in [0.15, 0.2) is 24.3 Å². The number of likely N-dealkylation sites (tertiary alicyclic amines) is 1. The zero-order chi connectivity index (χ0) is 13.5. The maximum atomic E-state index is 3.97. The molecule has 0 N–H and O–H groups in total. The molecule has 0 amide bonds. The highest BCUT2D eigenvalue weighted by Gasteiger charge is 2.45. The molecule has 3 heterocycles. The fourth-order valence-corrected chi connectivity index (χ4v) is 5.45. The third kappa shape index (κ3) is 2.08. The van der Waals surface area contributed by atoms with Crippen LogP contribution in [0.4, 0.5) is 0 Å². The van der Waals surface area contributed by atoms with Crippen LogP contribution in [0.5, 0.6) is 0 Å². The summed E-state index contributed by atoms with van der Waals surface area (Å²) in [7, 11) is 0. The van der Waals surface area contributed by atoms with Crippen molar-refractivity contribution in [1.82, 2.24) is 9.80 Å². The van der Waals surface area contributed by atoms with Crippen molar-refractivity contribution >= 4 is 0 Å². The van der Waals surface area contributed by atoms with Crippen molar-refractivity contribution in [2.24, 2.45) is 11.8 Å². The van der Waals surface area contributed by atoms with E-state index in [4.69, 9.17) is 0 Å². The van der Waals surface area contributed by atoms with E-state index in [2.05, 4.69) is 28.5 Å². The number of hydrogen-bond donors (Lipinski definition) is 0. The molecule has 2 nitrogen and oxygen atoms in total. The van der Waals surface area contributed by atoms with Crippen LogP contribution in [0.2, 0.25) is 0 Å². The van der Waals surface area contributed by atoms with Gasteiger partial charge in [0.15, 0.2) is 0 Å². The normalized spacial score (nSPS) is 41.5. The topological polar surface area (TPSA) is 6.48 Å². The molecule has 4 atom stereocenters. The minimum atomic E-state index is 0.737. The first-order valence-electron chi connectivity index (χ1n) is 8.66. The van der Waals surface area contributed by atoms with E-state index in [0.717, 1.165) is 30.5 Å². The second kappa shape index (κ2) is 5.31. The molecule has 0 aromatic heterocycles. The smallest absolute Gasteiger partial charge is 0.0351 e. The summed E-state index contributed by atoms with van der Waals surface area (Å²) in [6.07, 6.45) is 13.3. The fourth-order valence-electron chi connectivity index (χ4n) is 5.45. The van der Waals surface area contributed by atoms with Gasteiger partial charge in [0.1, 0.15) is 0 Å². The summed E-state index contributed by atoms with van der Waals surface area (Å²) in [5, 5.41) is 0. The van der Waals surface area contributed by atoms with Crippen molar-refractivity contribution in [1.29, 1.82) is 0 Å². The minimum absolute atomic E-state index is 0.737. The molecule has 0 radical (unpaired) electrons. The average molecular weight is 272 g/mol. The van der Waals surface area contributed by atoms with Crippen molar-refractivity contribution in [3.63, 3.8) is 0 Å². The van der Waals surface area contributed by atoms with Crippen molar-refractivity contribution in [2.45, 2.75) is 50.6 Å². The highest BCUT2D eigenvalue weighted by atomic mass is 15.2. The predicted octanol–water partition coefficient (Wildman–Crippen LogP) is 3.07. The lowest BCUT2D eigenvalue weighted by atomic mass is 9.68. The molecule has 3 saturated heterocycles. The molecule has 2 heteroatoms. The molecule has 20 heavy (non-hydrogen) atoms. The summed E-state index contributed by atoms with van der Waals surface area (Å²) < 4.78 is 0. The van der Waals surface area contributed by atoms with E-state index in [9.17, 15) is 0 Å². The largest absolute Gasteiger partial charge is 0.299 e. The fraction of sp³-hybridized carbons (Fsp3) is 0.778. The Morgan fingerprint density at radius 3 is 3.10 bits per heavy atom. The summed E-state index contributed by atoms with van der Waals surface area (Å²) in [6, 6.07) is 1.61. The lowest BCUT2D eigenvalue weighted by Gasteiger charge is -2.54. The SMILES string of the molecule is C=CCN1CCCC2=CC3CC(CN4CCCC[C@H]34)[C@@H]21. The molecule has 1 aliphatic carbocycles. The van der Waals surface area contributed by atoms with Gasteiger partial charge in [-0.3, -0.25) is 9.80 Å². The summed E-state index contributed by atoms with van der Waals surface area (Å²) in [4.78, 5) is 5.53. The van der Waals surface area contributed by atoms with E-state index in [1.54, 1.807) is 5.57 Å². The number of nitrogens with zero attached hydrogens (tertiary/aromatic N) is 2. The molecule has 4 rings (SSSR count). The molecule has 110 valence electrons. The van der Waals surface area contributed by atoms with E-state index in [-0.39, 0.29) is 0 Å². The van der Waals surface area contributed by atoms with E-state index >= 15 is 0 Å². The Balaban J connectivity index is 1.63. The Morgan fingerprint density at radius 1 is 1.25 bits per heavy atom. The van der Waals surface area contributed by atoms with Crippen LogP contribution < -0.4 is 0 Å². The highest BCUT2D eigenvalue weighted by Crippen LogP contribution is 2.44. The van der Waals surface area contributed by atoms with Crippen LogP contribution in [0.3, 0.4) is 0 Å². The molecule has 2 bridgehead atoms. The first-order valence-corrected chi connectivity index (χ1v) is 8.66. The number of fused-ring (bicyclic) bond motifs is 6. The van der Waals surface area contributed by atoms with Gasteiger partial charge in [-0.05, 0) is 57.0 Å². The quantitative estimate of drug-likeness (QED) is 0.713. The van der Waals surface area contributed by atoms with Crippen molar-refractivity contribution < 1.29 is 0 Å². The zero-order valence-corrected chi connectivity index (χ0v) is 12.6. The monoisotopic (exact) mass is 272 g/mol. The molecular weight excluding hydrogens is 244 g/mol. The van der Waals surface area contributed by atoms with E-state index in [1.165, 1.54) is 58.2 Å². The third-order valence-corrected chi connectivity index (χ3v) is 6.12. The van der Waals surface area contributed by atoms with Crippen molar-refractivity contribution in [3.05, 3.63) is 24.3 Å². The Kier molecular flexibility index (Phi) is 3.47. The van der Waals surface area contributed by atoms with Crippen LogP contribution in [0, 0.1) is 11.8 Å². The molecule has 2 unspecified atom stereocenters. The van der Waals surface area contributed by atoms with E-state index < -0.39 is 0 Å². The zero-order valence-electron chi connectivity index (χ0n) is 12.6. The van der Waals surface area contributed by atoms with Crippen LogP contribution in [0.25, 0.3) is 0 Å². The van der Waals surface area contributed by atoms with E-state index in [0.29, 0.717) is 0 Å². The van der Waals surface area contributed by atoms with Gasteiger partial charge in [0, 0.05) is 25.2 Å². The number of rotatable bonds is 2. The highest BCUT2D eigenvalue weighted by molar-refractivity contribution is 5.24. The molecule has 0 aromatic carbocycles. The van der Waals surface area contributed by atoms with Crippen LogP contribution in [-0.2, 0) is 0 Å². The first kappa shape index (κ1) is 13.1. The van der Waals surface area contributed by atoms with E-state index in [1.807, 2.05) is 0 Å². The van der Waals surface area contributed by atoms with Crippen LogP contribution in [-0.4, -0.2) is 48.1 Å². The molecule has 0 saturated carbocycles. The number of hydrogen-bond acceptors (Lipinski definition) is 2. The Labute approximate surface area is 123 Å². The second-order valence-corrected chi connectivity index (χ2v) is 7.29. The standard InChI is InChI=1S/C18H28N2/c1-2-8-19-10-5-6-14-11-15-12-16(18(14)19)13-20-9-4-3-7-17(15)20/h2,11,15-18H,1,3-10,12-13H2/t15?,16?,17-,18-/m1/s1. The van der Waals surface area contributed by atoms with Gasteiger partial charge in [0.05, 0.1) is 0 Å². The minimum Gasteiger partial charge on any atom is -0.299 e. The Morgan fingerprint density at radius 2 is 2.20 bits per heavy atom. The molecule has 3 fully saturated rings. The predicted molar refractivity (Wildman–Crippen MR) is 83.7 cm³/mol. The Hall–Kier alpha value is -0.600. The average Bonchev–Trinajstić information content (AvgIpc) is 2.48. The van der Waals surface area contributed by atoms with Gasteiger partial charge in [-0.2, -0.15) is 0 Å². The summed E-state index contributed by atoms with van der Waals surface area (Å²) >= 11 is 0. The molecule has 0 spiro atoms. The van der Waals surface area contributed by atoms with Gasteiger partial charge < -0.3 is 0 Å². The lowest BCUT2D eigenvalue weighted by molar-refractivity contribution is 0.00201. The molecule has 3 aliphatic heterocycles. The second-order valence-electron chi connectivity index (χ2n) is 7.29. The maximum absolute atomic E-state index is 3.97. The van der Waals surface area contributed by atoms with Gasteiger partial charge in [0.25, 0.3) is 0 Å². The summed E-state index contributed by atoms with van der Waals surface area (Å²) in [5.74, 6) is 1.75. The van der Waals surface area contributed by atoms with Crippen molar-refractivity contribution in [2.75, 3.05) is 26.2 Å². The maximum Gasteiger partial charge on any atom is 0.0351 e. The summed E-state index contributed by atoms with van der Waals surface area (Å²) in [5.41, 5.74) is 1.78.